The van der Waals surface area contributed by atoms with E-state index in [-0.39, 0.29) is 11.9 Å². The van der Waals surface area contributed by atoms with Crippen molar-refractivity contribution >= 4 is 22.6 Å². The van der Waals surface area contributed by atoms with Crippen LogP contribution in [-0.2, 0) is 6.42 Å². The predicted octanol–water partition coefficient (Wildman–Crippen LogP) is 5.74. The van der Waals surface area contributed by atoms with Crippen molar-refractivity contribution in [2.75, 3.05) is 4.90 Å². The van der Waals surface area contributed by atoms with Gasteiger partial charge in [0.1, 0.15) is 11.4 Å². The molecule has 2 aromatic carbocycles. The second-order valence-electron chi connectivity index (χ2n) is 7.94. The summed E-state index contributed by atoms with van der Waals surface area (Å²) in [7, 11) is 0. The van der Waals surface area contributed by atoms with Crippen molar-refractivity contribution in [3.8, 4) is 22.9 Å². The van der Waals surface area contributed by atoms with Crippen molar-refractivity contribution in [2.45, 2.75) is 19.4 Å². The van der Waals surface area contributed by atoms with Crippen molar-refractivity contribution in [1.82, 2.24) is 9.97 Å². The molecule has 0 aliphatic carbocycles. The number of para-hydroxylation sites is 1. The predicted molar refractivity (Wildman–Crippen MR) is 121 cm³/mol. The average molecular weight is 421 g/mol. The first-order valence-electron chi connectivity index (χ1n) is 10.5. The minimum atomic E-state index is -0.0409. The third kappa shape index (κ3) is 2.92. The lowest BCUT2D eigenvalue weighted by molar-refractivity contribution is 0.0981. The van der Waals surface area contributed by atoms with Crippen molar-refractivity contribution < 1.29 is 13.6 Å². The van der Waals surface area contributed by atoms with Gasteiger partial charge >= 0.3 is 0 Å². The Morgan fingerprint density at radius 1 is 0.875 bits per heavy atom. The highest BCUT2D eigenvalue weighted by molar-refractivity contribution is 6.09. The fraction of sp³-hybridized carbons (Fsp3) is 0.115. The van der Waals surface area contributed by atoms with Crippen LogP contribution in [-0.4, -0.2) is 21.9 Å². The number of fused-ring (bicyclic) bond motifs is 2. The van der Waals surface area contributed by atoms with Crippen LogP contribution in [0.4, 0.5) is 5.69 Å². The Kier molecular flexibility index (Phi) is 4.18. The van der Waals surface area contributed by atoms with Gasteiger partial charge in [-0.3, -0.25) is 4.79 Å². The molecule has 1 atom stereocenters. The monoisotopic (exact) mass is 421 g/mol. The van der Waals surface area contributed by atoms with Gasteiger partial charge in [0.15, 0.2) is 11.5 Å². The zero-order chi connectivity index (χ0) is 21.7. The summed E-state index contributed by atoms with van der Waals surface area (Å²) in [5, 5.41) is 0. The van der Waals surface area contributed by atoms with Gasteiger partial charge in [0, 0.05) is 17.3 Å². The van der Waals surface area contributed by atoms with Crippen LogP contribution in [0.2, 0.25) is 0 Å². The summed E-state index contributed by atoms with van der Waals surface area (Å²) in [5.41, 5.74) is 5.21. The number of furan rings is 2. The normalized spacial score (nSPS) is 15.3. The molecule has 0 radical (unpaired) electrons. The zero-order valence-electron chi connectivity index (χ0n) is 17.4. The summed E-state index contributed by atoms with van der Waals surface area (Å²) in [6.45, 7) is 2.07. The number of benzene rings is 2. The van der Waals surface area contributed by atoms with Crippen LogP contribution in [0.25, 0.3) is 33.9 Å². The molecule has 1 aliphatic rings. The Bertz CT molecular complexity index is 1440. The summed E-state index contributed by atoms with van der Waals surface area (Å²) >= 11 is 0. The van der Waals surface area contributed by atoms with E-state index in [9.17, 15) is 4.79 Å². The number of amides is 1. The van der Waals surface area contributed by atoms with Crippen molar-refractivity contribution in [1.29, 1.82) is 0 Å². The second kappa shape index (κ2) is 7.20. The Morgan fingerprint density at radius 2 is 1.56 bits per heavy atom. The van der Waals surface area contributed by atoms with Crippen LogP contribution in [0.1, 0.15) is 22.8 Å². The van der Waals surface area contributed by atoms with Crippen LogP contribution in [0.15, 0.2) is 88.1 Å². The van der Waals surface area contributed by atoms with Gasteiger partial charge in [-0.2, -0.15) is 0 Å². The molecule has 0 unspecified atom stereocenters. The molecule has 1 amide bonds. The van der Waals surface area contributed by atoms with E-state index < -0.39 is 0 Å². The van der Waals surface area contributed by atoms with E-state index in [1.807, 2.05) is 53.4 Å². The topological polar surface area (TPSA) is 72.4 Å². The molecule has 4 heterocycles. The summed E-state index contributed by atoms with van der Waals surface area (Å²) in [4.78, 5) is 24.9. The molecule has 0 saturated heterocycles. The average Bonchev–Trinajstić information content (AvgIpc) is 3.58. The van der Waals surface area contributed by atoms with E-state index in [2.05, 4.69) is 13.0 Å². The first-order valence-corrected chi connectivity index (χ1v) is 10.5. The molecule has 0 N–H and O–H groups in total. The van der Waals surface area contributed by atoms with Gasteiger partial charge in [0.05, 0.1) is 23.6 Å². The Balaban J connectivity index is 1.47. The minimum absolute atomic E-state index is 0.0409. The first-order chi connectivity index (χ1) is 15.7. The SMILES string of the molecule is C[C@H]1Cc2ccccc2N1C(=O)c1ccc2nc(-c3ccco3)c(-c3ccco3)nc2c1. The quantitative estimate of drug-likeness (QED) is 0.371. The highest BCUT2D eigenvalue weighted by atomic mass is 16.3. The fourth-order valence-corrected chi connectivity index (χ4v) is 4.37. The minimum Gasteiger partial charge on any atom is -0.463 e. The maximum Gasteiger partial charge on any atom is 0.258 e. The van der Waals surface area contributed by atoms with Crippen LogP contribution in [0.5, 0.6) is 0 Å². The van der Waals surface area contributed by atoms with Gasteiger partial charge in [-0.25, -0.2) is 9.97 Å². The molecule has 5 aromatic rings. The number of anilines is 1. The third-order valence-corrected chi connectivity index (χ3v) is 5.85. The molecule has 32 heavy (non-hydrogen) atoms. The van der Waals surface area contributed by atoms with Crippen LogP contribution in [0.3, 0.4) is 0 Å². The van der Waals surface area contributed by atoms with Gasteiger partial charge in [-0.05, 0) is 67.4 Å². The molecule has 1 aliphatic heterocycles. The number of carbonyl (C=O) groups excluding carboxylic acids is 1. The molecule has 6 heteroatoms. The summed E-state index contributed by atoms with van der Waals surface area (Å²) in [6, 6.07) is 20.9. The van der Waals surface area contributed by atoms with E-state index in [1.54, 1.807) is 24.7 Å². The Morgan fingerprint density at radius 3 is 2.25 bits per heavy atom. The van der Waals surface area contributed by atoms with E-state index in [0.717, 1.165) is 12.1 Å². The van der Waals surface area contributed by atoms with E-state index in [1.165, 1.54) is 5.56 Å². The van der Waals surface area contributed by atoms with E-state index in [4.69, 9.17) is 18.8 Å². The van der Waals surface area contributed by atoms with E-state index in [0.29, 0.717) is 39.5 Å². The number of nitrogens with zero attached hydrogens (tertiary/aromatic N) is 3. The van der Waals surface area contributed by atoms with Gasteiger partial charge < -0.3 is 13.7 Å². The summed E-state index contributed by atoms with van der Waals surface area (Å²) in [6.07, 6.45) is 4.05. The smallest absolute Gasteiger partial charge is 0.258 e. The lowest BCUT2D eigenvalue weighted by Gasteiger charge is -2.23. The number of carbonyl (C=O) groups is 1. The summed E-state index contributed by atoms with van der Waals surface area (Å²) in [5.74, 6) is 1.15. The van der Waals surface area contributed by atoms with Gasteiger partial charge in [0.2, 0.25) is 0 Å². The van der Waals surface area contributed by atoms with Crippen LogP contribution in [0, 0.1) is 0 Å². The van der Waals surface area contributed by atoms with Crippen LogP contribution < -0.4 is 4.90 Å². The van der Waals surface area contributed by atoms with Crippen LogP contribution >= 0.6 is 0 Å². The fourth-order valence-electron chi connectivity index (χ4n) is 4.37. The van der Waals surface area contributed by atoms with Gasteiger partial charge in [0.25, 0.3) is 5.91 Å². The zero-order valence-corrected chi connectivity index (χ0v) is 17.4. The molecular weight excluding hydrogens is 402 g/mol. The maximum absolute atomic E-state index is 13.5. The number of rotatable bonds is 3. The molecule has 6 rings (SSSR count). The molecular formula is C26H19N3O3. The lowest BCUT2D eigenvalue weighted by atomic mass is 10.1. The molecule has 0 bridgehead atoms. The molecule has 0 saturated carbocycles. The highest BCUT2D eigenvalue weighted by Crippen LogP contribution is 2.34. The molecule has 3 aromatic heterocycles. The second-order valence-corrected chi connectivity index (χ2v) is 7.94. The maximum atomic E-state index is 13.5. The number of aromatic nitrogens is 2. The third-order valence-electron chi connectivity index (χ3n) is 5.85. The van der Waals surface area contributed by atoms with Crippen molar-refractivity contribution in [2.24, 2.45) is 0 Å². The van der Waals surface area contributed by atoms with Crippen molar-refractivity contribution in [3.63, 3.8) is 0 Å². The largest absolute Gasteiger partial charge is 0.463 e. The molecule has 6 nitrogen and oxygen atoms in total. The molecule has 156 valence electrons. The first kappa shape index (κ1) is 18.6. The molecule has 0 fully saturated rings. The lowest BCUT2D eigenvalue weighted by Crippen LogP contribution is -2.35. The van der Waals surface area contributed by atoms with E-state index >= 15 is 0 Å². The summed E-state index contributed by atoms with van der Waals surface area (Å²) < 4.78 is 11.2. The standard InChI is InChI=1S/C26H19N3O3/c1-16-14-17-6-2-3-7-21(17)29(16)26(30)18-10-11-19-20(15-18)28-25(23-9-5-13-32-23)24(27-19)22-8-4-12-31-22/h2-13,15-16H,14H2,1H3/t16-/m0/s1. The molecule has 0 spiro atoms. The number of hydrogen-bond donors (Lipinski definition) is 0. The van der Waals surface area contributed by atoms with Gasteiger partial charge in [-0.15, -0.1) is 0 Å². The number of hydrogen-bond acceptors (Lipinski definition) is 5. The Labute approximate surface area is 184 Å². The Hall–Kier alpha value is -4.19. The van der Waals surface area contributed by atoms with Crippen molar-refractivity contribution in [3.05, 3.63) is 90.4 Å². The van der Waals surface area contributed by atoms with Gasteiger partial charge in [-0.1, -0.05) is 18.2 Å². The highest BCUT2D eigenvalue weighted by Gasteiger charge is 2.31.